The lowest BCUT2D eigenvalue weighted by atomic mass is 10.1. The highest BCUT2D eigenvalue weighted by atomic mass is 32.2. The number of aliphatic hydroxyl groups excluding tert-OH is 1. The van der Waals surface area contributed by atoms with Crippen LogP contribution in [-0.4, -0.2) is 50.0 Å². The molecule has 0 spiro atoms. The molecule has 0 saturated carbocycles. The van der Waals surface area contributed by atoms with E-state index in [2.05, 4.69) is 0 Å². The Balaban J connectivity index is 1.79. The molecule has 26 heavy (non-hydrogen) atoms. The molecular formula is C19H22N2O4S. The SMILES string of the molecule is CN(C(=O)c1ccc(S(=O)(=O)N2CCC[C@H](O)C2)cc1)c1ccccc1. The van der Waals surface area contributed by atoms with Crippen molar-refractivity contribution in [2.45, 2.75) is 23.8 Å². The predicted molar refractivity (Wildman–Crippen MR) is 99.6 cm³/mol. The van der Waals surface area contributed by atoms with E-state index in [0.717, 1.165) is 5.69 Å². The van der Waals surface area contributed by atoms with Gasteiger partial charge >= 0.3 is 0 Å². The molecule has 0 unspecified atom stereocenters. The highest BCUT2D eigenvalue weighted by Crippen LogP contribution is 2.22. The van der Waals surface area contributed by atoms with Crippen LogP contribution in [0.4, 0.5) is 5.69 Å². The van der Waals surface area contributed by atoms with Crippen molar-refractivity contribution in [2.24, 2.45) is 0 Å². The van der Waals surface area contributed by atoms with Crippen molar-refractivity contribution in [1.82, 2.24) is 4.31 Å². The van der Waals surface area contributed by atoms with E-state index in [1.807, 2.05) is 30.3 Å². The Kier molecular flexibility index (Phi) is 5.41. The van der Waals surface area contributed by atoms with Gasteiger partial charge in [0.15, 0.2) is 0 Å². The van der Waals surface area contributed by atoms with Gasteiger partial charge in [-0.25, -0.2) is 8.42 Å². The summed E-state index contributed by atoms with van der Waals surface area (Å²) in [5.41, 5.74) is 1.17. The maximum Gasteiger partial charge on any atom is 0.258 e. The van der Waals surface area contributed by atoms with Crippen LogP contribution in [0, 0.1) is 0 Å². The number of hydrogen-bond donors (Lipinski definition) is 1. The van der Waals surface area contributed by atoms with Crippen molar-refractivity contribution in [3.8, 4) is 0 Å². The average molecular weight is 374 g/mol. The highest BCUT2D eigenvalue weighted by molar-refractivity contribution is 7.89. The molecule has 1 amide bonds. The Hall–Kier alpha value is -2.22. The molecule has 1 aliphatic rings. The number of para-hydroxylation sites is 1. The average Bonchev–Trinajstić information content (AvgIpc) is 2.67. The molecule has 0 radical (unpaired) electrons. The lowest BCUT2D eigenvalue weighted by molar-refractivity contribution is 0.0993. The number of piperidine rings is 1. The standard InChI is InChI=1S/C19H22N2O4S/c1-20(16-6-3-2-4-7-16)19(23)15-9-11-18(12-10-15)26(24,25)21-13-5-8-17(22)14-21/h2-4,6-7,9-12,17,22H,5,8,13-14H2,1H3/t17-/m0/s1. The van der Waals surface area contributed by atoms with Crippen LogP contribution < -0.4 is 4.90 Å². The number of sulfonamides is 1. The molecule has 1 fully saturated rings. The van der Waals surface area contributed by atoms with Crippen molar-refractivity contribution in [3.63, 3.8) is 0 Å². The second-order valence-electron chi connectivity index (χ2n) is 6.38. The monoisotopic (exact) mass is 374 g/mol. The van der Waals surface area contributed by atoms with Crippen molar-refractivity contribution < 1.29 is 18.3 Å². The fraction of sp³-hybridized carbons (Fsp3) is 0.316. The number of amides is 1. The van der Waals surface area contributed by atoms with Gasteiger partial charge in [0.2, 0.25) is 10.0 Å². The van der Waals surface area contributed by atoms with Crippen molar-refractivity contribution in [3.05, 3.63) is 60.2 Å². The molecule has 0 aliphatic carbocycles. The number of anilines is 1. The molecule has 1 atom stereocenters. The van der Waals surface area contributed by atoms with Gasteiger partial charge < -0.3 is 10.0 Å². The van der Waals surface area contributed by atoms with Crippen LogP contribution in [0.2, 0.25) is 0 Å². The largest absolute Gasteiger partial charge is 0.392 e. The first kappa shape index (κ1) is 18.6. The summed E-state index contributed by atoms with van der Waals surface area (Å²) in [4.78, 5) is 14.2. The second kappa shape index (κ2) is 7.57. The highest BCUT2D eigenvalue weighted by Gasteiger charge is 2.29. The molecule has 2 aromatic rings. The summed E-state index contributed by atoms with van der Waals surface area (Å²) >= 11 is 0. The van der Waals surface area contributed by atoms with E-state index in [-0.39, 0.29) is 17.3 Å². The Bertz CT molecular complexity index is 866. The van der Waals surface area contributed by atoms with Gasteiger partial charge in [-0.2, -0.15) is 4.31 Å². The Morgan fingerprint density at radius 3 is 2.38 bits per heavy atom. The summed E-state index contributed by atoms with van der Waals surface area (Å²) in [5.74, 6) is -0.214. The molecule has 0 aromatic heterocycles. The minimum Gasteiger partial charge on any atom is -0.392 e. The molecule has 6 nitrogen and oxygen atoms in total. The summed E-state index contributed by atoms with van der Waals surface area (Å²) in [6, 6.07) is 15.2. The fourth-order valence-corrected chi connectivity index (χ4v) is 4.54. The van der Waals surface area contributed by atoms with Gasteiger partial charge in [-0.1, -0.05) is 18.2 Å². The maximum atomic E-state index is 12.7. The molecule has 138 valence electrons. The minimum absolute atomic E-state index is 0.111. The van der Waals surface area contributed by atoms with Gasteiger partial charge in [0.25, 0.3) is 5.91 Å². The molecule has 0 bridgehead atoms. The first-order valence-electron chi connectivity index (χ1n) is 8.51. The summed E-state index contributed by atoms with van der Waals surface area (Å²) < 4.78 is 26.7. The number of rotatable bonds is 4. The summed E-state index contributed by atoms with van der Waals surface area (Å²) in [6.45, 7) is 0.510. The van der Waals surface area contributed by atoms with E-state index in [1.165, 1.54) is 33.5 Å². The Morgan fingerprint density at radius 2 is 1.77 bits per heavy atom. The molecular weight excluding hydrogens is 352 g/mol. The van der Waals surface area contributed by atoms with Gasteiger partial charge in [-0.05, 0) is 49.2 Å². The van der Waals surface area contributed by atoms with Gasteiger partial charge in [-0.15, -0.1) is 0 Å². The zero-order valence-electron chi connectivity index (χ0n) is 14.6. The topological polar surface area (TPSA) is 77.9 Å². The lowest BCUT2D eigenvalue weighted by Crippen LogP contribution is -2.42. The fourth-order valence-electron chi connectivity index (χ4n) is 3.02. The predicted octanol–water partition coefficient (Wildman–Crippen LogP) is 2.11. The zero-order valence-corrected chi connectivity index (χ0v) is 15.4. The molecule has 7 heteroatoms. The summed E-state index contributed by atoms with van der Waals surface area (Å²) in [7, 11) is -1.98. The number of benzene rings is 2. The quantitative estimate of drug-likeness (QED) is 0.889. The molecule has 1 heterocycles. The van der Waals surface area contributed by atoms with Crippen LogP contribution in [0.5, 0.6) is 0 Å². The van der Waals surface area contributed by atoms with E-state index < -0.39 is 16.1 Å². The van der Waals surface area contributed by atoms with Gasteiger partial charge in [-0.3, -0.25) is 4.79 Å². The number of β-amino-alcohol motifs (C(OH)–C–C–N with tert-alkyl or cyclic N) is 1. The molecule has 1 N–H and O–H groups in total. The van der Waals surface area contributed by atoms with Crippen LogP contribution >= 0.6 is 0 Å². The molecule has 1 saturated heterocycles. The maximum absolute atomic E-state index is 12.7. The van der Waals surface area contributed by atoms with E-state index in [9.17, 15) is 18.3 Å². The third kappa shape index (κ3) is 3.80. The van der Waals surface area contributed by atoms with Crippen LogP contribution in [0.15, 0.2) is 59.5 Å². The van der Waals surface area contributed by atoms with E-state index >= 15 is 0 Å². The van der Waals surface area contributed by atoms with Crippen molar-refractivity contribution in [2.75, 3.05) is 25.0 Å². The smallest absolute Gasteiger partial charge is 0.258 e. The number of carbonyl (C=O) groups excluding carboxylic acids is 1. The van der Waals surface area contributed by atoms with E-state index in [0.29, 0.717) is 24.9 Å². The van der Waals surface area contributed by atoms with Crippen molar-refractivity contribution in [1.29, 1.82) is 0 Å². The number of nitrogens with zero attached hydrogens (tertiary/aromatic N) is 2. The number of carbonyl (C=O) groups is 1. The van der Waals surface area contributed by atoms with Gasteiger partial charge in [0, 0.05) is 31.4 Å². The minimum atomic E-state index is -3.66. The first-order valence-corrected chi connectivity index (χ1v) is 9.95. The lowest BCUT2D eigenvalue weighted by Gasteiger charge is -2.29. The molecule has 1 aliphatic heterocycles. The zero-order chi connectivity index (χ0) is 18.7. The number of aliphatic hydroxyl groups is 1. The van der Waals surface area contributed by atoms with Gasteiger partial charge in [0.1, 0.15) is 0 Å². The normalized spacial score (nSPS) is 18.5. The van der Waals surface area contributed by atoms with E-state index in [4.69, 9.17) is 0 Å². The third-order valence-electron chi connectivity index (χ3n) is 4.55. The van der Waals surface area contributed by atoms with Crippen LogP contribution in [0.25, 0.3) is 0 Å². The van der Waals surface area contributed by atoms with Crippen molar-refractivity contribution >= 4 is 21.6 Å². The van der Waals surface area contributed by atoms with Gasteiger partial charge in [0.05, 0.1) is 11.0 Å². The Labute approximate surface area is 153 Å². The van der Waals surface area contributed by atoms with E-state index in [1.54, 1.807) is 7.05 Å². The summed E-state index contributed by atoms with van der Waals surface area (Å²) in [5, 5.41) is 9.72. The Morgan fingerprint density at radius 1 is 1.12 bits per heavy atom. The molecule has 2 aromatic carbocycles. The molecule has 3 rings (SSSR count). The van der Waals surface area contributed by atoms with Crippen LogP contribution in [-0.2, 0) is 10.0 Å². The van der Waals surface area contributed by atoms with Crippen LogP contribution in [0.1, 0.15) is 23.2 Å². The van der Waals surface area contributed by atoms with Crippen LogP contribution in [0.3, 0.4) is 0 Å². The third-order valence-corrected chi connectivity index (χ3v) is 6.43. The number of hydrogen-bond acceptors (Lipinski definition) is 4. The first-order chi connectivity index (χ1) is 12.4. The second-order valence-corrected chi connectivity index (χ2v) is 8.32. The summed E-state index contributed by atoms with van der Waals surface area (Å²) in [6.07, 6.45) is 0.628.